The van der Waals surface area contributed by atoms with Crippen LogP contribution in [-0.2, 0) is 35.5 Å². The number of rotatable bonds is 9. The lowest BCUT2D eigenvalue weighted by atomic mass is 9.97. The number of ether oxygens (including phenoxy) is 1. The number of hydrogen-bond donors (Lipinski definition) is 0. The molecule has 2 aromatic heterocycles. The Hall–Kier alpha value is -2.16. The third kappa shape index (κ3) is 5.18. The molecule has 1 aliphatic rings. The molecule has 0 bridgehead atoms. The third-order valence-electron chi connectivity index (χ3n) is 6.10. The van der Waals surface area contributed by atoms with Crippen molar-refractivity contribution < 1.29 is 9.53 Å². The molecule has 33 heavy (non-hydrogen) atoms. The molecule has 0 fully saturated rings. The maximum Gasteiger partial charge on any atom is 0.263 e. The molecule has 8 heteroatoms. The van der Waals surface area contributed by atoms with Crippen molar-refractivity contribution in [1.29, 1.82) is 0 Å². The fourth-order valence-electron chi connectivity index (χ4n) is 4.30. The largest absolute Gasteiger partial charge is 0.383 e. The molecule has 0 spiro atoms. The lowest BCUT2D eigenvalue weighted by Crippen LogP contribution is -2.36. The van der Waals surface area contributed by atoms with Crippen LogP contribution in [0, 0.1) is 0 Å². The van der Waals surface area contributed by atoms with E-state index in [1.807, 2.05) is 49.1 Å². The molecule has 0 aliphatic heterocycles. The summed E-state index contributed by atoms with van der Waals surface area (Å²) < 4.78 is 6.97. The summed E-state index contributed by atoms with van der Waals surface area (Å²) >= 11 is 3.01. The topological polar surface area (TPSA) is 64.4 Å². The summed E-state index contributed by atoms with van der Waals surface area (Å²) in [5.41, 5.74) is 2.28. The number of amides is 1. The summed E-state index contributed by atoms with van der Waals surface area (Å²) in [7, 11) is 1.63. The molecular weight excluding hydrogens is 454 g/mol. The Bertz CT molecular complexity index is 1170. The summed E-state index contributed by atoms with van der Waals surface area (Å²) in [6, 6.07) is 10.0. The van der Waals surface area contributed by atoms with Gasteiger partial charge in [0.2, 0.25) is 5.91 Å². The second kappa shape index (κ2) is 10.8. The van der Waals surface area contributed by atoms with Crippen LogP contribution in [0.15, 0.2) is 40.3 Å². The van der Waals surface area contributed by atoms with Gasteiger partial charge < -0.3 is 9.64 Å². The number of carbonyl (C=O) groups excluding carboxylic acids is 1. The number of methoxy groups -OCH3 is 1. The highest BCUT2D eigenvalue weighted by Crippen LogP contribution is 2.35. The van der Waals surface area contributed by atoms with Gasteiger partial charge in [-0.25, -0.2) is 4.98 Å². The van der Waals surface area contributed by atoms with Gasteiger partial charge in [-0.2, -0.15) is 0 Å². The van der Waals surface area contributed by atoms with Crippen LogP contribution in [0.3, 0.4) is 0 Å². The summed E-state index contributed by atoms with van der Waals surface area (Å²) in [5, 5.41) is 1.01. The fourth-order valence-corrected chi connectivity index (χ4v) is 6.63. The van der Waals surface area contributed by atoms with Crippen molar-refractivity contribution in [2.75, 3.05) is 20.3 Å². The summed E-state index contributed by atoms with van der Waals surface area (Å²) in [4.78, 5) is 35.7. The Kier molecular flexibility index (Phi) is 7.88. The van der Waals surface area contributed by atoms with E-state index in [-0.39, 0.29) is 16.7 Å². The highest BCUT2D eigenvalue weighted by Gasteiger charge is 2.26. The minimum atomic E-state index is -0.360. The van der Waals surface area contributed by atoms with Gasteiger partial charge in [-0.1, -0.05) is 42.1 Å². The molecule has 1 unspecified atom stereocenters. The molecule has 1 aromatic carbocycles. The third-order valence-corrected chi connectivity index (χ3v) is 8.36. The van der Waals surface area contributed by atoms with Crippen molar-refractivity contribution in [3.63, 3.8) is 0 Å². The summed E-state index contributed by atoms with van der Waals surface area (Å²) in [5.74, 6) is 0.0458. The smallest absolute Gasteiger partial charge is 0.263 e. The van der Waals surface area contributed by atoms with Crippen molar-refractivity contribution in [3.8, 4) is 0 Å². The second-order valence-corrected chi connectivity index (χ2v) is 10.7. The lowest BCUT2D eigenvalue weighted by Gasteiger charge is -2.24. The van der Waals surface area contributed by atoms with Crippen LogP contribution < -0.4 is 5.56 Å². The van der Waals surface area contributed by atoms with Gasteiger partial charge in [-0.15, -0.1) is 11.3 Å². The van der Waals surface area contributed by atoms with E-state index in [1.54, 1.807) is 23.0 Å². The van der Waals surface area contributed by atoms with Gasteiger partial charge in [0, 0.05) is 25.1 Å². The number of fused-ring (bicyclic) bond motifs is 3. The van der Waals surface area contributed by atoms with Crippen molar-refractivity contribution in [3.05, 3.63) is 56.7 Å². The Labute approximate surface area is 203 Å². The number of aromatic nitrogens is 2. The predicted octanol–water partition coefficient (Wildman–Crippen LogP) is 4.51. The molecule has 0 saturated carbocycles. The Morgan fingerprint density at radius 1 is 1.27 bits per heavy atom. The first-order valence-corrected chi connectivity index (χ1v) is 13.3. The van der Waals surface area contributed by atoms with E-state index in [4.69, 9.17) is 9.72 Å². The number of thiophene rings is 1. The molecule has 3 aromatic rings. The Morgan fingerprint density at radius 3 is 2.76 bits per heavy atom. The van der Waals surface area contributed by atoms with Gasteiger partial charge in [0.25, 0.3) is 5.56 Å². The van der Waals surface area contributed by atoms with E-state index in [2.05, 4.69) is 0 Å². The molecule has 1 amide bonds. The van der Waals surface area contributed by atoms with E-state index in [9.17, 15) is 9.59 Å². The average Bonchev–Trinajstić information content (AvgIpc) is 3.21. The molecular formula is C25H31N3O3S2. The monoisotopic (exact) mass is 485 g/mol. The van der Waals surface area contributed by atoms with Crippen LogP contribution in [0.1, 0.15) is 42.7 Å². The predicted molar refractivity (Wildman–Crippen MR) is 135 cm³/mol. The van der Waals surface area contributed by atoms with Gasteiger partial charge in [0.05, 0.1) is 23.8 Å². The van der Waals surface area contributed by atoms with Crippen molar-refractivity contribution in [2.24, 2.45) is 0 Å². The van der Waals surface area contributed by atoms with Crippen LogP contribution in [-0.4, -0.2) is 45.9 Å². The molecule has 0 radical (unpaired) electrons. The fraction of sp³-hybridized carbons (Fsp3) is 0.480. The highest BCUT2D eigenvalue weighted by molar-refractivity contribution is 8.00. The molecule has 2 heterocycles. The van der Waals surface area contributed by atoms with Gasteiger partial charge in [0.1, 0.15) is 4.83 Å². The Balaban J connectivity index is 1.63. The quantitative estimate of drug-likeness (QED) is 0.330. The van der Waals surface area contributed by atoms with Crippen molar-refractivity contribution in [1.82, 2.24) is 14.5 Å². The molecule has 6 nitrogen and oxygen atoms in total. The normalized spacial score (nSPS) is 14.3. The van der Waals surface area contributed by atoms with E-state index < -0.39 is 0 Å². The minimum Gasteiger partial charge on any atom is -0.383 e. The zero-order chi connectivity index (χ0) is 23.4. The molecule has 0 saturated heterocycles. The number of hydrogen-bond acceptors (Lipinski definition) is 6. The lowest BCUT2D eigenvalue weighted by molar-refractivity contribution is -0.130. The summed E-state index contributed by atoms with van der Waals surface area (Å²) in [6.45, 7) is 5.93. The van der Waals surface area contributed by atoms with E-state index in [0.717, 1.165) is 35.0 Å². The first-order valence-electron chi connectivity index (χ1n) is 11.6. The SMILES string of the molecule is CCN(Cc1ccccc1)C(=O)C(C)Sc1nc2sc3c(c2c(=O)n1CCOC)CCCC3. The van der Waals surface area contributed by atoms with Gasteiger partial charge in [-0.05, 0) is 50.7 Å². The minimum absolute atomic E-state index is 0.00441. The van der Waals surface area contributed by atoms with Crippen LogP contribution in [0.2, 0.25) is 0 Å². The number of carbonyl (C=O) groups is 1. The van der Waals surface area contributed by atoms with Crippen LogP contribution in [0.5, 0.6) is 0 Å². The molecule has 1 atom stereocenters. The maximum absolute atomic E-state index is 13.5. The van der Waals surface area contributed by atoms with Crippen molar-refractivity contribution in [2.45, 2.75) is 63.0 Å². The average molecular weight is 486 g/mol. The molecule has 176 valence electrons. The first kappa shape index (κ1) is 24.0. The number of aryl methyl sites for hydroxylation is 2. The van der Waals surface area contributed by atoms with Crippen molar-refractivity contribution >= 4 is 39.2 Å². The maximum atomic E-state index is 13.5. The van der Waals surface area contributed by atoms with Crippen LogP contribution in [0.25, 0.3) is 10.2 Å². The van der Waals surface area contributed by atoms with Gasteiger partial charge in [-0.3, -0.25) is 14.2 Å². The number of nitrogens with zero attached hydrogens (tertiary/aromatic N) is 3. The van der Waals surface area contributed by atoms with Gasteiger partial charge in [0.15, 0.2) is 5.16 Å². The summed E-state index contributed by atoms with van der Waals surface area (Å²) in [6.07, 6.45) is 4.25. The van der Waals surface area contributed by atoms with Crippen LogP contribution in [0.4, 0.5) is 0 Å². The second-order valence-electron chi connectivity index (χ2n) is 8.33. The van der Waals surface area contributed by atoms with E-state index >= 15 is 0 Å². The zero-order valence-electron chi connectivity index (χ0n) is 19.5. The number of benzene rings is 1. The molecule has 1 aliphatic carbocycles. The highest BCUT2D eigenvalue weighted by atomic mass is 32.2. The standard InChI is InChI=1S/C25H31N3O3S2/c1-4-27(16-18-10-6-5-7-11-18)23(29)17(2)32-25-26-22-21(24(30)28(25)14-15-31-3)19-12-8-9-13-20(19)33-22/h5-7,10-11,17H,4,8-9,12-16H2,1-3H3. The van der Waals surface area contributed by atoms with Crippen LogP contribution >= 0.6 is 23.1 Å². The Morgan fingerprint density at radius 2 is 2.03 bits per heavy atom. The van der Waals surface area contributed by atoms with E-state index in [0.29, 0.717) is 31.4 Å². The van der Waals surface area contributed by atoms with E-state index in [1.165, 1.54) is 28.6 Å². The van der Waals surface area contributed by atoms with Gasteiger partial charge >= 0.3 is 0 Å². The zero-order valence-corrected chi connectivity index (χ0v) is 21.1. The number of thioether (sulfide) groups is 1. The molecule has 0 N–H and O–H groups in total. The first-order chi connectivity index (χ1) is 16.0. The molecule has 4 rings (SSSR count).